The van der Waals surface area contributed by atoms with E-state index in [1.807, 2.05) is 24.3 Å². The molecule has 1 aromatic carbocycles. The number of nitrogens with two attached hydrogens (primary N) is 1. The second kappa shape index (κ2) is 8.36. The highest BCUT2D eigenvalue weighted by Gasteiger charge is 1.98. The van der Waals surface area contributed by atoms with E-state index in [9.17, 15) is 0 Å². The molecule has 0 atom stereocenters. The van der Waals surface area contributed by atoms with Crippen LogP contribution in [0.15, 0.2) is 29.3 Å². The molecule has 0 aliphatic rings. The molecule has 1 aromatic rings. The number of ether oxygens (including phenoxy) is 1. The van der Waals surface area contributed by atoms with Crippen molar-refractivity contribution >= 4 is 11.6 Å². The van der Waals surface area contributed by atoms with Crippen LogP contribution in [0.4, 0.5) is 5.69 Å². The molecule has 0 aromatic heterocycles. The maximum atomic E-state index is 5.51. The zero-order valence-corrected chi connectivity index (χ0v) is 11.1. The van der Waals surface area contributed by atoms with Crippen LogP contribution in [0.3, 0.4) is 0 Å². The van der Waals surface area contributed by atoms with Gasteiger partial charge in [0, 0.05) is 12.2 Å². The van der Waals surface area contributed by atoms with Gasteiger partial charge < -0.3 is 10.1 Å². The van der Waals surface area contributed by atoms with Gasteiger partial charge >= 0.3 is 0 Å². The van der Waals surface area contributed by atoms with Gasteiger partial charge in [0.05, 0.1) is 6.61 Å². The Morgan fingerprint density at radius 1 is 1.22 bits per heavy atom. The molecule has 0 radical (unpaired) electrons. The molecule has 0 fully saturated rings. The third-order valence-corrected chi connectivity index (χ3v) is 2.22. The molecule has 0 saturated heterocycles. The van der Waals surface area contributed by atoms with Crippen molar-refractivity contribution in [3.05, 3.63) is 24.3 Å². The molecular weight excluding hydrogens is 228 g/mol. The minimum Gasteiger partial charge on any atom is -0.494 e. The second-order valence-corrected chi connectivity index (χ2v) is 3.87. The smallest absolute Gasteiger partial charge is 0.210 e. The largest absolute Gasteiger partial charge is 0.494 e. The highest BCUT2D eigenvalue weighted by Crippen LogP contribution is 2.15. The lowest BCUT2D eigenvalue weighted by atomic mass is 10.3. The number of nitrogens with zero attached hydrogens (tertiary/aromatic N) is 1. The van der Waals surface area contributed by atoms with Gasteiger partial charge in [-0.25, -0.2) is 5.84 Å². The Bertz CT molecular complexity index is 362. The van der Waals surface area contributed by atoms with Gasteiger partial charge in [0.15, 0.2) is 0 Å². The lowest BCUT2D eigenvalue weighted by Gasteiger charge is -2.10. The molecule has 4 N–H and O–H groups in total. The third kappa shape index (κ3) is 5.05. The van der Waals surface area contributed by atoms with E-state index in [1.54, 1.807) is 0 Å². The van der Waals surface area contributed by atoms with Crippen LogP contribution >= 0.6 is 0 Å². The van der Waals surface area contributed by atoms with Crippen molar-refractivity contribution in [3.8, 4) is 5.75 Å². The van der Waals surface area contributed by atoms with E-state index >= 15 is 0 Å². The summed E-state index contributed by atoms with van der Waals surface area (Å²) in [7, 11) is 0. The predicted molar refractivity (Wildman–Crippen MR) is 75.8 cm³/mol. The van der Waals surface area contributed by atoms with Crippen LogP contribution in [0.2, 0.25) is 0 Å². The van der Waals surface area contributed by atoms with Gasteiger partial charge in [-0.15, -0.1) is 0 Å². The maximum Gasteiger partial charge on any atom is 0.210 e. The van der Waals surface area contributed by atoms with E-state index in [2.05, 4.69) is 29.6 Å². The Balaban J connectivity index is 2.56. The summed E-state index contributed by atoms with van der Waals surface area (Å²) in [6.07, 6.45) is 1.99. The minimum absolute atomic E-state index is 0.569. The summed E-state index contributed by atoms with van der Waals surface area (Å²) in [4.78, 5) is 4.27. The van der Waals surface area contributed by atoms with Gasteiger partial charge in [0.25, 0.3) is 0 Å². The second-order valence-electron chi connectivity index (χ2n) is 3.87. The quantitative estimate of drug-likeness (QED) is 0.313. The van der Waals surface area contributed by atoms with Crippen LogP contribution in [0.5, 0.6) is 5.75 Å². The van der Waals surface area contributed by atoms with E-state index in [1.165, 1.54) is 0 Å². The summed E-state index contributed by atoms with van der Waals surface area (Å²) < 4.78 is 5.51. The average molecular weight is 250 g/mol. The van der Waals surface area contributed by atoms with Gasteiger partial charge in [-0.1, -0.05) is 13.8 Å². The van der Waals surface area contributed by atoms with E-state index in [0.29, 0.717) is 5.96 Å². The minimum atomic E-state index is 0.569. The highest BCUT2D eigenvalue weighted by molar-refractivity contribution is 5.93. The molecule has 0 bridgehead atoms. The molecule has 0 spiro atoms. The van der Waals surface area contributed by atoms with Gasteiger partial charge in [-0.3, -0.25) is 10.4 Å². The predicted octanol–water partition coefficient (Wildman–Crippen LogP) is 2.12. The molecule has 0 heterocycles. The van der Waals surface area contributed by atoms with Crippen LogP contribution in [0, 0.1) is 0 Å². The van der Waals surface area contributed by atoms with Crippen LogP contribution in [0.1, 0.15) is 26.7 Å². The standard InChI is InChI=1S/C13H22N4O/c1-3-9-15-13(17-14)16-11-5-7-12(8-6-11)18-10-4-2/h5-8H,3-4,9-10,14H2,1-2H3,(H2,15,16,17). The first kappa shape index (κ1) is 14.3. The van der Waals surface area contributed by atoms with Crippen LogP contribution in [-0.4, -0.2) is 19.1 Å². The van der Waals surface area contributed by atoms with E-state index < -0.39 is 0 Å². The fourth-order valence-corrected chi connectivity index (χ4v) is 1.34. The molecule has 0 saturated carbocycles. The SMILES string of the molecule is CCCN=C(NN)Nc1ccc(OCCC)cc1. The molecule has 0 aliphatic heterocycles. The van der Waals surface area contributed by atoms with Gasteiger partial charge in [-0.2, -0.15) is 0 Å². The van der Waals surface area contributed by atoms with Crippen molar-refractivity contribution in [1.29, 1.82) is 0 Å². The van der Waals surface area contributed by atoms with E-state index in [4.69, 9.17) is 10.6 Å². The lowest BCUT2D eigenvalue weighted by molar-refractivity contribution is 0.317. The summed E-state index contributed by atoms with van der Waals surface area (Å²) >= 11 is 0. The molecule has 5 nitrogen and oxygen atoms in total. The summed E-state index contributed by atoms with van der Waals surface area (Å²) in [6, 6.07) is 7.71. The molecule has 0 amide bonds. The van der Waals surface area contributed by atoms with Crippen molar-refractivity contribution in [3.63, 3.8) is 0 Å². The van der Waals surface area contributed by atoms with Crippen LogP contribution < -0.4 is 21.3 Å². The first-order valence-corrected chi connectivity index (χ1v) is 6.31. The Morgan fingerprint density at radius 3 is 2.50 bits per heavy atom. The molecule has 5 heteroatoms. The monoisotopic (exact) mass is 250 g/mol. The van der Waals surface area contributed by atoms with E-state index in [-0.39, 0.29) is 0 Å². The molecule has 100 valence electrons. The average Bonchev–Trinajstić information content (AvgIpc) is 2.42. The third-order valence-electron chi connectivity index (χ3n) is 2.22. The zero-order valence-electron chi connectivity index (χ0n) is 11.1. The number of guanidine groups is 1. The Labute approximate surface area is 108 Å². The van der Waals surface area contributed by atoms with Gasteiger partial charge in [0.1, 0.15) is 5.75 Å². The maximum absolute atomic E-state index is 5.51. The first-order valence-electron chi connectivity index (χ1n) is 6.31. The lowest BCUT2D eigenvalue weighted by Crippen LogP contribution is -2.36. The number of anilines is 1. The topological polar surface area (TPSA) is 71.7 Å². The molecule has 0 aliphatic carbocycles. The number of rotatable bonds is 6. The fraction of sp³-hybridized carbons (Fsp3) is 0.462. The van der Waals surface area contributed by atoms with Crippen molar-refractivity contribution in [2.24, 2.45) is 10.8 Å². The fourth-order valence-electron chi connectivity index (χ4n) is 1.34. The van der Waals surface area contributed by atoms with Crippen molar-refractivity contribution in [2.75, 3.05) is 18.5 Å². The molecule has 0 unspecified atom stereocenters. The zero-order chi connectivity index (χ0) is 13.2. The number of hydrogen-bond acceptors (Lipinski definition) is 3. The van der Waals surface area contributed by atoms with Crippen molar-refractivity contribution in [1.82, 2.24) is 5.43 Å². The normalized spacial score (nSPS) is 11.2. The Morgan fingerprint density at radius 2 is 1.94 bits per heavy atom. The number of aliphatic imine (C=N–C) groups is 1. The Hall–Kier alpha value is -1.75. The van der Waals surface area contributed by atoms with Crippen LogP contribution in [0.25, 0.3) is 0 Å². The van der Waals surface area contributed by atoms with E-state index in [0.717, 1.165) is 37.4 Å². The summed E-state index contributed by atoms with van der Waals surface area (Å²) in [5.74, 6) is 6.83. The molecule has 1 rings (SSSR count). The number of hydrogen-bond donors (Lipinski definition) is 3. The summed E-state index contributed by atoms with van der Waals surface area (Å²) in [6.45, 7) is 5.63. The highest BCUT2D eigenvalue weighted by atomic mass is 16.5. The molecular formula is C13H22N4O. The number of nitrogens with one attached hydrogen (secondary N) is 2. The van der Waals surface area contributed by atoms with Gasteiger partial charge in [0.2, 0.25) is 5.96 Å². The Kier molecular flexibility index (Phi) is 6.64. The summed E-state index contributed by atoms with van der Waals surface area (Å²) in [5.41, 5.74) is 3.46. The number of hydrazine groups is 1. The summed E-state index contributed by atoms with van der Waals surface area (Å²) in [5, 5.41) is 3.11. The number of benzene rings is 1. The van der Waals surface area contributed by atoms with Crippen molar-refractivity contribution < 1.29 is 4.74 Å². The van der Waals surface area contributed by atoms with Crippen LogP contribution in [-0.2, 0) is 0 Å². The molecule has 18 heavy (non-hydrogen) atoms. The first-order chi connectivity index (χ1) is 8.80. The van der Waals surface area contributed by atoms with Gasteiger partial charge in [-0.05, 0) is 37.1 Å². The van der Waals surface area contributed by atoms with Crippen molar-refractivity contribution in [2.45, 2.75) is 26.7 Å².